The summed E-state index contributed by atoms with van der Waals surface area (Å²) in [4.78, 5) is 32.9. The minimum atomic E-state index is -0.487. The Morgan fingerprint density at radius 1 is 1.06 bits per heavy atom. The molecule has 6 nitrogen and oxygen atoms in total. The maximum atomic E-state index is 13.2. The smallest absolute Gasteiger partial charge is 0.255 e. The van der Waals surface area contributed by atoms with E-state index in [9.17, 15) is 14.0 Å². The van der Waals surface area contributed by atoms with Crippen molar-refractivity contribution in [2.24, 2.45) is 0 Å². The third-order valence-corrected chi connectivity index (χ3v) is 5.84. The van der Waals surface area contributed by atoms with Crippen molar-refractivity contribution in [1.29, 1.82) is 0 Å². The van der Waals surface area contributed by atoms with Crippen LogP contribution in [0.2, 0.25) is 5.02 Å². The molecule has 1 aliphatic rings. The van der Waals surface area contributed by atoms with E-state index in [1.54, 1.807) is 16.0 Å². The van der Waals surface area contributed by atoms with Gasteiger partial charge in [0.1, 0.15) is 5.82 Å². The molecular formula is C24H23ClFN3O3. The van der Waals surface area contributed by atoms with Gasteiger partial charge in [-0.2, -0.15) is 0 Å². The molecule has 0 bridgehead atoms. The lowest BCUT2D eigenvalue weighted by atomic mass is 10.1. The van der Waals surface area contributed by atoms with Crippen LogP contribution in [0.25, 0.3) is 11.3 Å². The van der Waals surface area contributed by atoms with Crippen LogP contribution in [0.15, 0.2) is 53.1 Å². The van der Waals surface area contributed by atoms with Crippen LogP contribution in [-0.4, -0.2) is 52.8 Å². The third-order valence-electron chi connectivity index (χ3n) is 5.52. The minimum Gasteiger partial charge on any atom is -0.441 e. The average Bonchev–Trinajstić information content (AvgIpc) is 3.27. The Bertz CT molecular complexity index is 1120. The molecule has 0 saturated carbocycles. The van der Waals surface area contributed by atoms with Gasteiger partial charge in [-0.25, -0.2) is 9.37 Å². The topological polar surface area (TPSA) is 66.7 Å². The van der Waals surface area contributed by atoms with Gasteiger partial charge < -0.3 is 14.2 Å². The van der Waals surface area contributed by atoms with E-state index >= 15 is 0 Å². The zero-order valence-corrected chi connectivity index (χ0v) is 18.4. The van der Waals surface area contributed by atoms with Crippen LogP contribution in [0.1, 0.15) is 28.2 Å². The second kappa shape index (κ2) is 9.53. The lowest BCUT2D eigenvalue weighted by molar-refractivity contribution is -0.132. The van der Waals surface area contributed by atoms with E-state index < -0.39 is 5.82 Å². The van der Waals surface area contributed by atoms with E-state index in [1.165, 1.54) is 17.7 Å². The molecule has 0 N–H and O–H groups in total. The summed E-state index contributed by atoms with van der Waals surface area (Å²) in [6.07, 6.45) is 2.37. The number of aryl methyl sites for hydroxylation is 2. The van der Waals surface area contributed by atoms with Gasteiger partial charge in [0.15, 0.2) is 11.7 Å². The summed E-state index contributed by atoms with van der Waals surface area (Å²) in [7, 11) is 0. The molecule has 0 unspecified atom stereocenters. The lowest BCUT2D eigenvalue weighted by Gasteiger charge is -2.35. The molecule has 166 valence electrons. The number of piperazine rings is 1. The number of hydrogen-bond donors (Lipinski definition) is 0. The number of hydrogen-bond acceptors (Lipinski definition) is 4. The highest BCUT2D eigenvalue weighted by molar-refractivity contribution is 6.33. The van der Waals surface area contributed by atoms with Gasteiger partial charge >= 0.3 is 0 Å². The number of carbonyl (C=O) groups excluding carboxylic acids is 2. The van der Waals surface area contributed by atoms with Crippen molar-refractivity contribution in [3.8, 4) is 11.3 Å². The summed E-state index contributed by atoms with van der Waals surface area (Å²) < 4.78 is 19.0. The summed E-state index contributed by atoms with van der Waals surface area (Å²) in [5.41, 5.74) is 2.38. The van der Waals surface area contributed by atoms with E-state index in [2.05, 4.69) is 4.98 Å². The van der Waals surface area contributed by atoms with Crippen molar-refractivity contribution in [2.75, 3.05) is 26.2 Å². The first kappa shape index (κ1) is 22.0. The van der Waals surface area contributed by atoms with E-state index in [-0.39, 0.29) is 28.8 Å². The SMILES string of the molecule is Cc1ccc(-c2cnc(CCC(=O)N3CCN(C(=O)c4ccc(F)cc4Cl)CC3)o2)cc1. The summed E-state index contributed by atoms with van der Waals surface area (Å²) in [5, 5.41) is 0.0875. The molecule has 1 aliphatic heterocycles. The van der Waals surface area contributed by atoms with Crippen LogP contribution in [0.4, 0.5) is 4.39 Å². The van der Waals surface area contributed by atoms with Crippen LogP contribution < -0.4 is 0 Å². The normalized spacial score (nSPS) is 14.0. The molecule has 4 rings (SSSR count). The molecule has 1 saturated heterocycles. The average molecular weight is 456 g/mol. The van der Waals surface area contributed by atoms with Crippen LogP contribution in [0.3, 0.4) is 0 Å². The molecule has 2 aromatic carbocycles. The number of oxazole rings is 1. The van der Waals surface area contributed by atoms with Gasteiger partial charge in [0.05, 0.1) is 16.8 Å². The second-order valence-electron chi connectivity index (χ2n) is 7.78. The molecule has 32 heavy (non-hydrogen) atoms. The van der Waals surface area contributed by atoms with Crippen molar-refractivity contribution in [1.82, 2.24) is 14.8 Å². The highest BCUT2D eigenvalue weighted by Crippen LogP contribution is 2.22. The Labute approximate surface area is 190 Å². The number of halogens is 2. The molecule has 1 aromatic heterocycles. The Morgan fingerprint density at radius 3 is 2.44 bits per heavy atom. The zero-order chi connectivity index (χ0) is 22.7. The van der Waals surface area contributed by atoms with Crippen molar-refractivity contribution in [3.05, 3.63) is 76.5 Å². The second-order valence-corrected chi connectivity index (χ2v) is 8.19. The van der Waals surface area contributed by atoms with E-state index in [1.807, 2.05) is 31.2 Å². The summed E-state index contributed by atoms with van der Waals surface area (Å²) in [6, 6.07) is 11.7. The number of carbonyl (C=O) groups is 2. The summed E-state index contributed by atoms with van der Waals surface area (Å²) >= 11 is 6.00. The van der Waals surface area contributed by atoms with Gasteiger partial charge in [0.2, 0.25) is 5.91 Å². The lowest BCUT2D eigenvalue weighted by Crippen LogP contribution is -2.50. The molecule has 1 fully saturated rings. The van der Waals surface area contributed by atoms with Crippen LogP contribution in [-0.2, 0) is 11.2 Å². The third kappa shape index (κ3) is 4.99. The van der Waals surface area contributed by atoms with Gasteiger partial charge in [-0.05, 0) is 25.1 Å². The molecule has 2 amide bonds. The van der Waals surface area contributed by atoms with Gasteiger partial charge in [0, 0.05) is 44.6 Å². The van der Waals surface area contributed by atoms with Crippen LogP contribution in [0.5, 0.6) is 0 Å². The monoisotopic (exact) mass is 455 g/mol. The highest BCUT2D eigenvalue weighted by Gasteiger charge is 2.26. The van der Waals surface area contributed by atoms with Crippen molar-refractivity contribution in [3.63, 3.8) is 0 Å². The van der Waals surface area contributed by atoms with Gasteiger partial charge in [-0.3, -0.25) is 9.59 Å². The van der Waals surface area contributed by atoms with Gasteiger partial charge in [-0.1, -0.05) is 41.4 Å². The van der Waals surface area contributed by atoms with E-state index in [0.717, 1.165) is 11.6 Å². The quantitative estimate of drug-likeness (QED) is 0.573. The Morgan fingerprint density at radius 2 is 1.75 bits per heavy atom. The number of nitrogens with zero attached hydrogens (tertiary/aromatic N) is 3. The predicted molar refractivity (Wildman–Crippen MR) is 119 cm³/mol. The van der Waals surface area contributed by atoms with Gasteiger partial charge in [0.25, 0.3) is 5.91 Å². The number of rotatable bonds is 5. The number of benzene rings is 2. The number of aromatic nitrogens is 1. The highest BCUT2D eigenvalue weighted by atomic mass is 35.5. The zero-order valence-electron chi connectivity index (χ0n) is 17.7. The van der Waals surface area contributed by atoms with E-state index in [0.29, 0.717) is 44.3 Å². The summed E-state index contributed by atoms with van der Waals surface area (Å²) in [6.45, 7) is 3.69. The molecule has 3 aromatic rings. The first-order valence-corrected chi connectivity index (χ1v) is 10.8. The minimum absolute atomic E-state index is 0.00741. The Kier molecular flexibility index (Phi) is 6.55. The largest absolute Gasteiger partial charge is 0.441 e. The van der Waals surface area contributed by atoms with Crippen molar-refractivity contribution < 1.29 is 18.4 Å². The molecule has 0 atom stereocenters. The standard InChI is InChI=1S/C24H23ClFN3O3/c1-16-2-4-17(5-3-16)21-15-27-22(32-21)8-9-23(30)28-10-12-29(13-11-28)24(31)19-7-6-18(26)14-20(19)25/h2-7,14-15H,8-13H2,1H3. The summed E-state index contributed by atoms with van der Waals surface area (Å²) in [5.74, 6) is 0.448. The molecular weight excluding hydrogens is 433 g/mol. The van der Waals surface area contributed by atoms with Crippen LogP contribution >= 0.6 is 11.6 Å². The molecule has 0 radical (unpaired) electrons. The van der Waals surface area contributed by atoms with Gasteiger partial charge in [-0.15, -0.1) is 0 Å². The maximum absolute atomic E-state index is 13.2. The Hall–Kier alpha value is -3.19. The fourth-order valence-electron chi connectivity index (χ4n) is 3.64. The van der Waals surface area contributed by atoms with E-state index in [4.69, 9.17) is 16.0 Å². The first-order chi connectivity index (χ1) is 15.4. The predicted octanol–water partition coefficient (Wildman–Crippen LogP) is 4.36. The molecule has 2 heterocycles. The molecule has 8 heteroatoms. The fraction of sp³-hybridized carbons (Fsp3) is 0.292. The number of amides is 2. The Balaban J connectivity index is 1.28. The maximum Gasteiger partial charge on any atom is 0.255 e. The van der Waals surface area contributed by atoms with Crippen molar-refractivity contribution >= 4 is 23.4 Å². The molecule has 0 spiro atoms. The van der Waals surface area contributed by atoms with Crippen LogP contribution in [0, 0.1) is 12.7 Å². The van der Waals surface area contributed by atoms with Crippen molar-refractivity contribution in [2.45, 2.75) is 19.8 Å². The fourth-order valence-corrected chi connectivity index (χ4v) is 3.89. The molecule has 0 aliphatic carbocycles. The first-order valence-electron chi connectivity index (χ1n) is 10.4.